The van der Waals surface area contributed by atoms with Crippen LogP contribution >= 0.6 is 11.5 Å². The molecular weight excluding hydrogens is 344 g/mol. The lowest BCUT2D eigenvalue weighted by Crippen LogP contribution is -2.40. The second kappa shape index (κ2) is 7.28. The number of aromatic nitrogens is 4. The van der Waals surface area contributed by atoms with Crippen molar-refractivity contribution in [3.8, 4) is 0 Å². The standard InChI is InChI=1S/C15H20N6O3S/c1-19(2)13(22)7-24-6-10-4-21(15(23)12-8-25-18-17-12)5-11-14(10)20(3)9-16-11/h8-10H,4-7H2,1-3H3. The molecule has 0 bridgehead atoms. The van der Waals surface area contributed by atoms with E-state index in [9.17, 15) is 9.59 Å². The number of rotatable bonds is 5. The Balaban J connectivity index is 1.73. The number of amides is 2. The van der Waals surface area contributed by atoms with Gasteiger partial charge >= 0.3 is 0 Å². The summed E-state index contributed by atoms with van der Waals surface area (Å²) in [5.74, 6) is -0.316. The van der Waals surface area contributed by atoms with Gasteiger partial charge in [-0.1, -0.05) is 4.49 Å². The Morgan fingerprint density at radius 2 is 2.24 bits per heavy atom. The minimum atomic E-state index is -0.167. The summed E-state index contributed by atoms with van der Waals surface area (Å²) in [5.41, 5.74) is 2.22. The van der Waals surface area contributed by atoms with E-state index in [-0.39, 0.29) is 24.3 Å². The molecule has 1 aliphatic rings. The molecule has 0 fully saturated rings. The maximum absolute atomic E-state index is 12.6. The van der Waals surface area contributed by atoms with Gasteiger partial charge in [0.1, 0.15) is 6.61 Å². The molecule has 0 spiro atoms. The molecule has 25 heavy (non-hydrogen) atoms. The first-order valence-corrected chi connectivity index (χ1v) is 8.65. The van der Waals surface area contributed by atoms with E-state index in [1.54, 1.807) is 30.7 Å². The normalized spacial score (nSPS) is 16.6. The quantitative estimate of drug-likeness (QED) is 0.748. The van der Waals surface area contributed by atoms with Crippen molar-refractivity contribution in [2.45, 2.75) is 12.5 Å². The van der Waals surface area contributed by atoms with E-state index in [2.05, 4.69) is 14.6 Å². The van der Waals surface area contributed by atoms with Crippen molar-refractivity contribution in [3.05, 3.63) is 28.8 Å². The van der Waals surface area contributed by atoms with Crippen LogP contribution in [-0.4, -0.2) is 74.6 Å². The van der Waals surface area contributed by atoms with Gasteiger partial charge in [-0.05, 0) is 11.5 Å². The molecule has 10 heteroatoms. The second-order valence-electron chi connectivity index (χ2n) is 6.16. The number of imidazole rings is 1. The van der Waals surface area contributed by atoms with Gasteiger partial charge in [-0.25, -0.2) is 4.98 Å². The van der Waals surface area contributed by atoms with Gasteiger partial charge < -0.3 is 19.1 Å². The highest BCUT2D eigenvalue weighted by atomic mass is 32.1. The van der Waals surface area contributed by atoms with Crippen LogP contribution in [-0.2, 0) is 23.1 Å². The van der Waals surface area contributed by atoms with Crippen molar-refractivity contribution < 1.29 is 14.3 Å². The third-order valence-corrected chi connectivity index (χ3v) is 4.64. The van der Waals surface area contributed by atoms with Gasteiger partial charge in [-0.15, -0.1) is 5.10 Å². The van der Waals surface area contributed by atoms with Gasteiger partial charge in [0.2, 0.25) is 5.91 Å². The molecule has 3 heterocycles. The Morgan fingerprint density at radius 1 is 1.44 bits per heavy atom. The van der Waals surface area contributed by atoms with Crippen LogP contribution in [0.2, 0.25) is 0 Å². The van der Waals surface area contributed by atoms with Crippen LogP contribution in [0.15, 0.2) is 11.7 Å². The van der Waals surface area contributed by atoms with Gasteiger partial charge in [-0.3, -0.25) is 9.59 Å². The molecule has 2 aromatic heterocycles. The molecule has 3 rings (SSSR count). The van der Waals surface area contributed by atoms with Crippen molar-refractivity contribution in [3.63, 3.8) is 0 Å². The lowest BCUT2D eigenvalue weighted by Gasteiger charge is -2.32. The van der Waals surface area contributed by atoms with Gasteiger partial charge in [0.15, 0.2) is 5.69 Å². The zero-order valence-electron chi connectivity index (χ0n) is 14.4. The molecular formula is C15H20N6O3S. The molecule has 1 aliphatic heterocycles. The molecule has 1 atom stereocenters. The average Bonchev–Trinajstić information content (AvgIpc) is 3.24. The molecule has 0 aromatic carbocycles. The second-order valence-corrected chi connectivity index (χ2v) is 6.77. The van der Waals surface area contributed by atoms with E-state index in [0.29, 0.717) is 25.4 Å². The topological polar surface area (TPSA) is 93.4 Å². The average molecular weight is 364 g/mol. The van der Waals surface area contributed by atoms with Gasteiger partial charge in [-0.2, -0.15) is 0 Å². The molecule has 0 saturated carbocycles. The molecule has 0 saturated heterocycles. The highest BCUT2D eigenvalue weighted by Crippen LogP contribution is 2.28. The Labute approximate surface area is 149 Å². The number of hydrogen-bond donors (Lipinski definition) is 0. The van der Waals surface area contributed by atoms with E-state index in [0.717, 1.165) is 22.9 Å². The summed E-state index contributed by atoms with van der Waals surface area (Å²) in [6, 6.07) is 0. The first-order valence-electron chi connectivity index (χ1n) is 7.81. The first-order chi connectivity index (χ1) is 12.0. The van der Waals surface area contributed by atoms with Gasteiger partial charge in [0.25, 0.3) is 5.91 Å². The van der Waals surface area contributed by atoms with Crippen LogP contribution in [0.4, 0.5) is 0 Å². The molecule has 0 aliphatic carbocycles. The first kappa shape index (κ1) is 17.5. The maximum Gasteiger partial charge on any atom is 0.275 e. The van der Waals surface area contributed by atoms with E-state index < -0.39 is 0 Å². The fraction of sp³-hybridized carbons (Fsp3) is 0.533. The number of fused-ring (bicyclic) bond motifs is 1. The number of carbonyl (C=O) groups is 2. The third kappa shape index (κ3) is 3.69. The van der Waals surface area contributed by atoms with Gasteiger partial charge in [0, 0.05) is 44.7 Å². The van der Waals surface area contributed by atoms with Crippen molar-refractivity contribution >= 4 is 23.3 Å². The van der Waals surface area contributed by atoms with E-state index >= 15 is 0 Å². The monoisotopic (exact) mass is 364 g/mol. The number of aryl methyl sites for hydroxylation is 1. The van der Waals surface area contributed by atoms with E-state index in [4.69, 9.17) is 4.74 Å². The molecule has 0 N–H and O–H groups in total. The van der Waals surface area contributed by atoms with Crippen molar-refractivity contribution in [1.82, 2.24) is 28.9 Å². The van der Waals surface area contributed by atoms with Crippen molar-refractivity contribution in [1.29, 1.82) is 0 Å². The largest absolute Gasteiger partial charge is 0.371 e. The number of ether oxygens (including phenoxy) is 1. The van der Waals surface area contributed by atoms with Crippen molar-refractivity contribution in [2.24, 2.45) is 7.05 Å². The lowest BCUT2D eigenvalue weighted by molar-refractivity contribution is -0.133. The molecule has 2 aromatic rings. The van der Waals surface area contributed by atoms with Crippen LogP contribution in [0.5, 0.6) is 0 Å². The summed E-state index contributed by atoms with van der Waals surface area (Å²) in [5, 5.41) is 5.49. The predicted octanol–water partition coefficient (Wildman–Crippen LogP) is 0.116. The Bertz CT molecular complexity index is 757. The molecule has 134 valence electrons. The predicted molar refractivity (Wildman–Crippen MR) is 90.1 cm³/mol. The van der Waals surface area contributed by atoms with Crippen LogP contribution in [0.1, 0.15) is 27.8 Å². The zero-order valence-corrected chi connectivity index (χ0v) is 15.2. The zero-order chi connectivity index (χ0) is 18.0. The summed E-state index contributed by atoms with van der Waals surface area (Å²) in [7, 11) is 5.30. The highest BCUT2D eigenvalue weighted by molar-refractivity contribution is 7.03. The van der Waals surface area contributed by atoms with E-state index in [1.807, 2.05) is 11.6 Å². The number of likely N-dealkylation sites (N-methyl/N-ethyl adjacent to an activating group) is 1. The van der Waals surface area contributed by atoms with E-state index in [1.165, 1.54) is 4.90 Å². The summed E-state index contributed by atoms with van der Waals surface area (Å²) in [4.78, 5) is 31.9. The Kier molecular flexibility index (Phi) is 5.09. The van der Waals surface area contributed by atoms with Crippen LogP contribution in [0.25, 0.3) is 0 Å². The Hall–Kier alpha value is -2.33. The summed E-state index contributed by atoms with van der Waals surface area (Å²) >= 11 is 1.15. The minimum Gasteiger partial charge on any atom is -0.371 e. The summed E-state index contributed by atoms with van der Waals surface area (Å²) < 4.78 is 11.3. The third-order valence-electron chi connectivity index (χ3n) is 4.14. The SMILES string of the molecule is CN(C)C(=O)COCC1CN(C(=O)c2csnn2)Cc2ncn(C)c21. The fourth-order valence-corrected chi connectivity index (χ4v) is 3.29. The molecule has 1 unspecified atom stereocenters. The molecule has 9 nitrogen and oxygen atoms in total. The summed E-state index contributed by atoms with van der Waals surface area (Å²) in [6.07, 6.45) is 1.74. The molecule has 2 amide bonds. The highest BCUT2D eigenvalue weighted by Gasteiger charge is 2.32. The number of carbonyl (C=O) groups excluding carboxylic acids is 2. The number of hydrogen-bond acceptors (Lipinski definition) is 7. The number of nitrogens with zero attached hydrogens (tertiary/aromatic N) is 6. The maximum atomic E-state index is 12.6. The smallest absolute Gasteiger partial charge is 0.275 e. The lowest BCUT2D eigenvalue weighted by atomic mass is 9.98. The summed E-state index contributed by atoms with van der Waals surface area (Å²) in [6.45, 7) is 1.27. The minimum absolute atomic E-state index is 0.0145. The van der Waals surface area contributed by atoms with Crippen LogP contribution in [0, 0.1) is 0 Å². The van der Waals surface area contributed by atoms with Crippen LogP contribution < -0.4 is 0 Å². The molecule has 0 radical (unpaired) electrons. The van der Waals surface area contributed by atoms with Gasteiger partial charge in [0.05, 0.1) is 25.2 Å². The van der Waals surface area contributed by atoms with Crippen molar-refractivity contribution in [2.75, 3.05) is 33.9 Å². The Morgan fingerprint density at radius 3 is 2.92 bits per heavy atom. The fourth-order valence-electron chi connectivity index (χ4n) is 2.86. The van der Waals surface area contributed by atoms with Crippen LogP contribution in [0.3, 0.4) is 0 Å².